The molecule has 0 spiro atoms. The maximum absolute atomic E-state index is 11.6. The number of rotatable bonds is 3. The predicted octanol–water partition coefficient (Wildman–Crippen LogP) is 1.58. The number of carbonyl (C=O) groups is 2. The molecule has 1 aromatic rings. The molecule has 18 heavy (non-hydrogen) atoms. The third kappa shape index (κ3) is 2.31. The minimum absolute atomic E-state index is 0.0946. The van der Waals surface area contributed by atoms with Gasteiger partial charge in [-0.2, -0.15) is 0 Å². The molecule has 0 saturated carbocycles. The van der Waals surface area contributed by atoms with Crippen molar-refractivity contribution in [2.45, 2.75) is 6.54 Å². The van der Waals surface area contributed by atoms with Crippen LogP contribution in [0.25, 0.3) is 0 Å². The minimum atomic E-state index is -1.28. The number of carboxylic acids is 1. The number of benzene rings is 1. The number of aliphatic hydroxyl groups is 1. The first-order chi connectivity index (χ1) is 8.49. The summed E-state index contributed by atoms with van der Waals surface area (Å²) in [4.78, 5) is 23.7. The van der Waals surface area contributed by atoms with Gasteiger partial charge in [-0.15, -0.1) is 0 Å². The Morgan fingerprint density at radius 1 is 1.33 bits per heavy atom. The maximum Gasteiger partial charge on any atom is 0.337 e. The molecule has 5 nitrogen and oxygen atoms in total. The highest BCUT2D eigenvalue weighted by Gasteiger charge is 2.33. The fraction of sp³-hybridized carbons (Fsp3) is 0.167. The summed E-state index contributed by atoms with van der Waals surface area (Å²) in [5, 5.41) is 18.8. The molecule has 0 saturated heterocycles. The fourth-order valence-electron chi connectivity index (χ4n) is 1.72. The third-order valence-electron chi connectivity index (χ3n) is 2.67. The van der Waals surface area contributed by atoms with Gasteiger partial charge >= 0.3 is 5.97 Å². The van der Waals surface area contributed by atoms with Gasteiger partial charge in [0.05, 0.1) is 6.54 Å². The highest BCUT2D eigenvalue weighted by Crippen LogP contribution is 2.20. The summed E-state index contributed by atoms with van der Waals surface area (Å²) in [6.45, 7) is 0.138. The number of aliphatic carboxylic acids is 1. The van der Waals surface area contributed by atoms with Crippen molar-refractivity contribution in [2.24, 2.45) is 0 Å². The van der Waals surface area contributed by atoms with Crippen LogP contribution in [0, 0.1) is 0 Å². The van der Waals surface area contributed by atoms with Gasteiger partial charge in [0, 0.05) is 11.6 Å². The molecule has 1 aliphatic heterocycles. The van der Waals surface area contributed by atoms with Gasteiger partial charge in [0.1, 0.15) is 5.57 Å². The molecule has 2 N–H and O–H groups in total. The molecule has 0 fully saturated rings. The van der Waals surface area contributed by atoms with E-state index in [1.807, 2.05) is 0 Å². The van der Waals surface area contributed by atoms with E-state index in [0.29, 0.717) is 5.02 Å². The Bertz CT molecular complexity index is 536. The van der Waals surface area contributed by atoms with E-state index in [9.17, 15) is 14.7 Å². The molecule has 6 heteroatoms. The average Bonchev–Trinajstić information content (AvgIpc) is 2.60. The number of amides is 1. The van der Waals surface area contributed by atoms with Gasteiger partial charge in [0.15, 0.2) is 5.76 Å². The molecule has 0 aromatic heterocycles. The second kappa shape index (κ2) is 4.70. The SMILES string of the molecule is O=C(O)C1=C(O)C(=O)N(Cc2ccc(Cl)cc2)C1. The van der Waals surface area contributed by atoms with Crippen LogP contribution in [0.1, 0.15) is 5.56 Å². The Morgan fingerprint density at radius 2 is 1.94 bits per heavy atom. The lowest BCUT2D eigenvalue weighted by molar-refractivity contribution is -0.133. The topological polar surface area (TPSA) is 77.8 Å². The van der Waals surface area contributed by atoms with E-state index in [-0.39, 0.29) is 18.7 Å². The number of aliphatic hydroxyl groups excluding tert-OH is 1. The monoisotopic (exact) mass is 267 g/mol. The van der Waals surface area contributed by atoms with Gasteiger partial charge in [0.2, 0.25) is 0 Å². The summed E-state index contributed by atoms with van der Waals surface area (Å²) in [5.74, 6) is -2.63. The van der Waals surface area contributed by atoms with Gasteiger partial charge < -0.3 is 15.1 Å². The zero-order valence-corrected chi connectivity index (χ0v) is 10.0. The number of nitrogens with zero attached hydrogens (tertiary/aromatic N) is 1. The molecule has 1 aliphatic rings. The first kappa shape index (κ1) is 12.4. The number of hydrogen-bond donors (Lipinski definition) is 2. The normalized spacial score (nSPS) is 15.4. The summed E-state index contributed by atoms with van der Waals surface area (Å²) >= 11 is 5.74. The van der Waals surface area contributed by atoms with E-state index in [4.69, 9.17) is 16.7 Å². The second-order valence-corrected chi connectivity index (χ2v) is 4.36. The maximum atomic E-state index is 11.6. The van der Waals surface area contributed by atoms with Crippen LogP contribution in [0.5, 0.6) is 0 Å². The van der Waals surface area contributed by atoms with Crippen LogP contribution in [0.3, 0.4) is 0 Å². The first-order valence-corrected chi connectivity index (χ1v) is 5.56. The zero-order chi connectivity index (χ0) is 13.3. The van der Waals surface area contributed by atoms with Crippen LogP contribution in [0.4, 0.5) is 0 Å². The van der Waals surface area contributed by atoms with Gasteiger partial charge in [-0.05, 0) is 17.7 Å². The number of carbonyl (C=O) groups excluding carboxylic acids is 1. The van der Waals surface area contributed by atoms with Crippen LogP contribution >= 0.6 is 11.6 Å². The van der Waals surface area contributed by atoms with Crippen LogP contribution in [0.2, 0.25) is 5.02 Å². The molecule has 2 rings (SSSR count). The van der Waals surface area contributed by atoms with Crippen molar-refractivity contribution >= 4 is 23.5 Å². The Hall–Kier alpha value is -2.01. The molecule has 0 atom stereocenters. The fourth-order valence-corrected chi connectivity index (χ4v) is 1.85. The summed E-state index contributed by atoms with van der Waals surface area (Å²) in [6, 6.07) is 6.85. The molecule has 0 bridgehead atoms. The van der Waals surface area contributed by atoms with Crippen LogP contribution in [-0.4, -0.2) is 33.5 Å². The molecule has 1 amide bonds. The van der Waals surface area contributed by atoms with E-state index in [0.717, 1.165) is 5.56 Å². The van der Waals surface area contributed by atoms with Crippen molar-refractivity contribution in [1.82, 2.24) is 4.90 Å². The Labute approximate surface area is 108 Å². The average molecular weight is 268 g/mol. The number of halogens is 1. The highest BCUT2D eigenvalue weighted by atomic mass is 35.5. The predicted molar refractivity (Wildman–Crippen MR) is 64.2 cm³/mol. The Balaban J connectivity index is 2.12. The molecule has 0 aliphatic carbocycles. The summed E-state index contributed by atoms with van der Waals surface area (Å²) in [6.07, 6.45) is 0. The lowest BCUT2D eigenvalue weighted by Gasteiger charge is -2.15. The summed E-state index contributed by atoms with van der Waals surface area (Å²) in [5.41, 5.74) is 0.543. The van der Waals surface area contributed by atoms with Gasteiger partial charge in [-0.1, -0.05) is 23.7 Å². The van der Waals surface area contributed by atoms with Crippen molar-refractivity contribution in [1.29, 1.82) is 0 Å². The lowest BCUT2D eigenvalue weighted by Crippen LogP contribution is -2.27. The number of hydrogen-bond acceptors (Lipinski definition) is 3. The van der Waals surface area contributed by atoms with Gasteiger partial charge in [0.25, 0.3) is 5.91 Å². The quantitative estimate of drug-likeness (QED) is 0.872. The summed E-state index contributed by atoms with van der Waals surface area (Å²) in [7, 11) is 0. The first-order valence-electron chi connectivity index (χ1n) is 5.18. The largest absolute Gasteiger partial charge is 0.503 e. The van der Waals surface area contributed by atoms with Crippen molar-refractivity contribution in [3.05, 3.63) is 46.2 Å². The minimum Gasteiger partial charge on any atom is -0.503 e. The molecule has 1 aromatic carbocycles. The Morgan fingerprint density at radius 3 is 2.44 bits per heavy atom. The van der Waals surface area contributed by atoms with Gasteiger partial charge in [-0.25, -0.2) is 4.79 Å². The second-order valence-electron chi connectivity index (χ2n) is 3.92. The van der Waals surface area contributed by atoms with E-state index in [1.54, 1.807) is 24.3 Å². The molecule has 0 radical (unpaired) electrons. The number of carboxylic acid groups (broad SMARTS) is 1. The molecule has 0 unspecified atom stereocenters. The van der Waals surface area contributed by atoms with Crippen molar-refractivity contribution in [3.8, 4) is 0 Å². The molecule has 1 heterocycles. The van der Waals surface area contributed by atoms with E-state index in [2.05, 4.69) is 0 Å². The smallest absolute Gasteiger partial charge is 0.337 e. The van der Waals surface area contributed by atoms with Gasteiger partial charge in [-0.3, -0.25) is 4.79 Å². The van der Waals surface area contributed by atoms with E-state index in [1.165, 1.54) is 4.90 Å². The lowest BCUT2D eigenvalue weighted by atomic mass is 10.2. The zero-order valence-electron chi connectivity index (χ0n) is 9.26. The molecular weight excluding hydrogens is 258 g/mol. The van der Waals surface area contributed by atoms with Crippen molar-refractivity contribution in [3.63, 3.8) is 0 Å². The Kier molecular flexibility index (Phi) is 3.25. The van der Waals surface area contributed by atoms with Crippen LogP contribution in [-0.2, 0) is 16.1 Å². The third-order valence-corrected chi connectivity index (χ3v) is 2.92. The van der Waals surface area contributed by atoms with Crippen LogP contribution in [0.15, 0.2) is 35.6 Å². The standard InChI is InChI=1S/C12H10ClNO4/c13-8-3-1-7(2-4-8)5-14-6-9(12(17)18)10(15)11(14)16/h1-4,15H,5-6H2,(H,17,18). The van der Waals surface area contributed by atoms with Crippen LogP contribution < -0.4 is 0 Å². The highest BCUT2D eigenvalue weighted by molar-refractivity contribution is 6.30. The molecular formula is C12H10ClNO4. The molecule has 94 valence electrons. The van der Waals surface area contributed by atoms with E-state index < -0.39 is 17.6 Å². The van der Waals surface area contributed by atoms with E-state index >= 15 is 0 Å². The summed E-state index contributed by atoms with van der Waals surface area (Å²) < 4.78 is 0. The van der Waals surface area contributed by atoms with Crippen molar-refractivity contribution < 1.29 is 19.8 Å². The van der Waals surface area contributed by atoms with Crippen molar-refractivity contribution in [2.75, 3.05) is 6.54 Å².